The van der Waals surface area contributed by atoms with E-state index in [1.165, 1.54) is 0 Å². The van der Waals surface area contributed by atoms with Gasteiger partial charge in [-0.15, -0.1) is 0 Å². The first-order valence-electron chi connectivity index (χ1n) is 2.78. The van der Waals surface area contributed by atoms with E-state index in [-0.39, 0.29) is 51.4 Å². The van der Waals surface area contributed by atoms with E-state index in [9.17, 15) is 18.0 Å². The molecule has 0 N–H and O–H groups in total. The second-order valence-electron chi connectivity index (χ2n) is 2.10. The maximum Gasteiger partial charge on any atom is 0.490 e. The summed E-state index contributed by atoms with van der Waals surface area (Å²) >= 11 is 0. The Bertz CT molecular complexity index is 152. The van der Waals surface area contributed by atoms with Crippen LogP contribution in [0.3, 0.4) is 0 Å². The second kappa shape index (κ2) is 4.22. The van der Waals surface area contributed by atoms with Crippen LogP contribution in [-0.2, 0) is 9.53 Å². The number of alkyl halides is 3. The summed E-state index contributed by atoms with van der Waals surface area (Å²) in [6.45, 7) is 0. The molecule has 6 heteroatoms. The average Bonchev–Trinajstić information content (AvgIpc) is 2.47. The first-order valence-corrected chi connectivity index (χ1v) is 2.78. The minimum Gasteiger partial charge on any atom is -0.456 e. The van der Waals surface area contributed by atoms with Crippen LogP contribution >= 0.6 is 0 Å². The van der Waals surface area contributed by atoms with Gasteiger partial charge in [-0.05, 0) is 12.8 Å². The molecule has 0 aliphatic heterocycles. The number of rotatable bonds is 1. The normalized spacial score (nSPS) is 17.0. The van der Waals surface area contributed by atoms with Gasteiger partial charge in [-0.3, -0.25) is 0 Å². The van der Waals surface area contributed by atoms with Gasteiger partial charge in [0.15, 0.2) is 0 Å². The molecule has 1 radical (unpaired) electrons. The third-order valence-corrected chi connectivity index (χ3v) is 1.03. The Morgan fingerprint density at radius 1 is 1.36 bits per heavy atom. The van der Waals surface area contributed by atoms with Crippen molar-refractivity contribution in [2.75, 3.05) is 0 Å². The van der Waals surface area contributed by atoms with E-state index in [0.29, 0.717) is 12.8 Å². The monoisotopic (exact) mass is 193 g/mol. The molecule has 0 amide bonds. The fraction of sp³-hybridized carbons (Fsp3) is 0.800. The van der Waals surface area contributed by atoms with Gasteiger partial charge < -0.3 is 4.74 Å². The molecule has 0 unspecified atom stereocenters. The molecule has 0 spiro atoms. The van der Waals surface area contributed by atoms with E-state index in [4.69, 9.17) is 0 Å². The van der Waals surface area contributed by atoms with Crippen LogP contribution in [0.1, 0.15) is 12.8 Å². The molecule has 11 heavy (non-hydrogen) atoms. The number of carbonyl (C=O) groups is 1. The number of hydrogen-bond acceptors (Lipinski definition) is 2. The third-order valence-electron chi connectivity index (χ3n) is 1.03. The molecule has 0 aromatic carbocycles. The van der Waals surface area contributed by atoms with E-state index in [1.807, 2.05) is 0 Å². The molecule has 0 heterocycles. The Morgan fingerprint density at radius 3 is 2.09 bits per heavy atom. The van der Waals surface area contributed by atoms with Crippen molar-refractivity contribution >= 4 is 57.4 Å². The smallest absolute Gasteiger partial charge is 0.456 e. The van der Waals surface area contributed by atoms with E-state index in [1.54, 1.807) is 0 Å². The van der Waals surface area contributed by atoms with Crippen molar-refractivity contribution in [1.82, 2.24) is 0 Å². The molecule has 1 fully saturated rings. The zero-order valence-corrected chi connectivity index (χ0v) is 9.07. The quantitative estimate of drug-likeness (QED) is 0.456. The maximum absolute atomic E-state index is 11.4. The van der Waals surface area contributed by atoms with Gasteiger partial charge in [0, 0.05) is 51.4 Å². The molecule has 1 saturated carbocycles. The summed E-state index contributed by atoms with van der Waals surface area (Å²) in [4.78, 5) is 9.97. The fourth-order valence-electron chi connectivity index (χ4n) is 0.404. The molecule has 1 aliphatic rings. The van der Waals surface area contributed by atoms with Gasteiger partial charge in [0.1, 0.15) is 6.10 Å². The summed E-state index contributed by atoms with van der Waals surface area (Å²) in [6.07, 6.45) is -4.19. The van der Waals surface area contributed by atoms with Gasteiger partial charge in [-0.25, -0.2) is 4.79 Å². The summed E-state index contributed by atoms with van der Waals surface area (Å²) in [5.74, 6) is -2.07. The Labute approximate surface area is 104 Å². The number of hydrogen-bond donors (Lipinski definition) is 0. The predicted octanol–water partition coefficient (Wildman–Crippen LogP) is 0.874. The molecule has 0 aromatic rings. The number of esters is 1. The van der Waals surface area contributed by atoms with Crippen LogP contribution in [0, 0.1) is 0 Å². The van der Waals surface area contributed by atoms with Crippen LogP contribution in [0.25, 0.3) is 0 Å². The van der Waals surface area contributed by atoms with E-state index < -0.39 is 18.2 Å². The van der Waals surface area contributed by atoms with Crippen molar-refractivity contribution in [3.8, 4) is 0 Å². The van der Waals surface area contributed by atoms with Crippen molar-refractivity contribution in [2.45, 2.75) is 25.1 Å². The standard InChI is InChI=1S/C5H5F3O2.K/c6-5(7,8)4(9)10-3-1-2-3;/h3H,1-2H2;. The zero-order valence-electron chi connectivity index (χ0n) is 5.94. The van der Waals surface area contributed by atoms with Crippen LogP contribution in [-0.4, -0.2) is 69.6 Å². The van der Waals surface area contributed by atoms with Crippen molar-refractivity contribution in [1.29, 1.82) is 0 Å². The van der Waals surface area contributed by atoms with Crippen LogP contribution in [0.4, 0.5) is 13.2 Å². The summed E-state index contributed by atoms with van der Waals surface area (Å²) in [7, 11) is 0. The second-order valence-corrected chi connectivity index (χ2v) is 2.10. The summed E-state index contributed by atoms with van der Waals surface area (Å²) < 4.78 is 38.1. The van der Waals surface area contributed by atoms with E-state index in [0.717, 1.165) is 0 Å². The molecule has 2 nitrogen and oxygen atoms in total. The van der Waals surface area contributed by atoms with Crippen molar-refractivity contribution < 1.29 is 22.7 Å². The van der Waals surface area contributed by atoms with Crippen molar-refractivity contribution in [3.63, 3.8) is 0 Å². The average molecular weight is 193 g/mol. The first-order chi connectivity index (χ1) is 4.50. The van der Waals surface area contributed by atoms with Gasteiger partial charge in [0.25, 0.3) is 0 Å². The Morgan fingerprint density at radius 2 is 1.82 bits per heavy atom. The Balaban J connectivity index is 0.000001000. The van der Waals surface area contributed by atoms with Crippen LogP contribution in [0.5, 0.6) is 0 Å². The molecule has 0 atom stereocenters. The topological polar surface area (TPSA) is 26.3 Å². The summed E-state index contributed by atoms with van der Waals surface area (Å²) in [6, 6.07) is 0. The molecule has 1 aliphatic carbocycles. The minimum absolute atomic E-state index is 0. The van der Waals surface area contributed by atoms with Crippen LogP contribution in [0.15, 0.2) is 0 Å². The van der Waals surface area contributed by atoms with E-state index in [2.05, 4.69) is 4.74 Å². The number of ether oxygens (including phenoxy) is 1. The molecule has 0 saturated heterocycles. The van der Waals surface area contributed by atoms with Crippen molar-refractivity contribution in [2.24, 2.45) is 0 Å². The largest absolute Gasteiger partial charge is 0.490 e. The zero-order chi connectivity index (χ0) is 7.78. The van der Waals surface area contributed by atoms with Gasteiger partial charge in [0.05, 0.1) is 0 Å². The van der Waals surface area contributed by atoms with Crippen LogP contribution in [0.2, 0.25) is 0 Å². The van der Waals surface area contributed by atoms with Gasteiger partial charge in [-0.1, -0.05) is 0 Å². The molecular weight excluding hydrogens is 188 g/mol. The Hall–Kier alpha value is 0.896. The number of carbonyl (C=O) groups excluding carboxylic acids is 1. The predicted molar refractivity (Wildman–Crippen MR) is 30.9 cm³/mol. The van der Waals surface area contributed by atoms with Crippen LogP contribution < -0.4 is 0 Å². The molecular formula is C5H5F3KO2. The molecule has 0 bridgehead atoms. The molecule has 1 rings (SSSR count). The van der Waals surface area contributed by atoms with Gasteiger partial charge >= 0.3 is 12.1 Å². The maximum atomic E-state index is 11.4. The third kappa shape index (κ3) is 4.47. The molecule has 59 valence electrons. The SMILES string of the molecule is O=C(OC1CC1)C(F)(F)F.[K]. The summed E-state index contributed by atoms with van der Waals surface area (Å²) in [5, 5.41) is 0. The van der Waals surface area contributed by atoms with Gasteiger partial charge in [-0.2, -0.15) is 13.2 Å². The number of halogens is 3. The minimum atomic E-state index is -4.83. The first kappa shape index (κ1) is 11.9. The summed E-state index contributed by atoms with van der Waals surface area (Å²) in [5.41, 5.74) is 0. The van der Waals surface area contributed by atoms with E-state index >= 15 is 0 Å². The van der Waals surface area contributed by atoms with Gasteiger partial charge in [0.2, 0.25) is 0 Å². The fourth-order valence-corrected chi connectivity index (χ4v) is 0.404. The molecule has 0 aromatic heterocycles. The van der Waals surface area contributed by atoms with Crippen molar-refractivity contribution in [3.05, 3.63) is 0 Å². The Kier molecular flexibility index (Phi) is 4.57.